The number of hydrogen-bond donors (Lipinski definition) is 2. The molecule has 0 aromatic heterocycles. The quantitative estimate of drug-likeness (QED) is 0.890. The van der Waals surface area contributed by atoms with Gasteiger partial charge in [0.2, 0.25) is 5.91 Å². The lowest BCUT2D eigenvalue weighted by molar-refractivity contribution is -0.117. The maximum Gasteiger partial charge on any atom is 0.251 e. The first-order valence-corrected chi connectivity index (χ1v) is 8.07. The summed E-state index contributed by atoms with van der Waals surface area (Å²) in [5, 5.41) is 3.11. The van der Waals surface area contributed by atoms with Crippen LogP contribution in [0.3, 0.4) is 0 Å². The fourth-order valence-corrected chi connectivity index (χ4v) is 3.46. The van der Waals surface area contributed by atoms with Crippen LogP contribution < -0.4 is 16.0 Å². The van der Waals surface area contributed by atoms with Gasteiger partial charge in [-0.3, -0.25) is 9.59 Å². The number of nitrogens with zero attached hydrogens (tertiary/aromatic N) is 1. The Morgan fingerprint density at radius 3 is 2.41 bits per heavy atom. The summed E-state index contributed by atoms with van der Waals surface area (Å²) >= 11 is 0. The minimum Gasteiger partial charge on any atom is -0.345 e. The van der Waals surface area contributed by atoms with Crippen molar-refractivity contribution in [2.24, 2.45) is 5.73 Å². The van der Waals surface area contributed by atoms with E-state index >= 15 is 0 Å². The van der Waals surface area contributed by atoms with Crippen molar-refractivity contribution in [2.75, 3.05) is 18.0 Å². The van der Waals surface area contributed by atoms with Gasteiger partial charge in [-0.15, -0.1) is 0 Å². The van der Waals surface area contributed by atoms with E-state index in [2.05, 4.69) is 5.32 Å². The molecule has 0 radical (unpaired) electrons. The predicted octanol–water partition coefficient (Wildman–Crippen LogP) is 1.81. The lowest BCUT2D eigenvalue weighted by atomic mass is 9.97. The van der Waals surface area contributed by atoms with Crippen LogP contribution in [0.1, 0.15) is 48.9 Å². The summed E-state index contributed by atoms with van der Waals surface area (Å²) in [6.45, 7) is 1.25. The molecule has 0 unspecified atom stereocenters. The molecule has 1 heterocycles. The minimum atomic E-state index is -0.235. The summed E-state index contributed by atoms with van der Waals surface area (Å²) in [5.41, 5.74) is 7.11. The number of nitrogens with two attached hydrogens (primary N) is 1. The van der Waals surface area contributed by atoms with E-state index in [4.69, 9.17) is 5.73 Å². The summed E-state index contributed by atoms with van der Waals surface area (Å²) in [6.07, 6.45) is 5.66. The Bertz CT molecular complexity index is 562. The molecule has 1 aromatic carbocycles. The van der Waals surface area contributed by atoms with E-state index in [1.807, 2.05) is 12.1 Å². The van der Waals surface area contributed by atoms with E-state index in [1.54, 1.807) is 17.0 Å². The van der Waals surface area contributed by atoms with Gasteiger partial charge in [-0.05, 0) is 43.5 Å². The molecule has 3 rings (SSSR count). The summed E-state index contributed by atoms with van der Waals surface area (Å²) in [6, 6.07) is 7.27. The molecule has 0 atom stereocenters. The second kappa shape index (κ2) is 6.08. The van der Waals surface area contributed by atoms with Gasteiger partial charge in [0.15, 0.2) is 0 Å². The van der Waals surface area contributed by atoms with Crippen molar-refractivity contribution in [2.45, 2.75) is 44.1 Å². The number of benzene rings is 1. The molecule has 0 bridgehead atoms. The van der Waals surface area contributed by atoms with Crippen LogP contribution in [-0.2, 0) is 4.79 Å². The highest BCUT2D eigenvalue weighted by atomic mass is 16.2. The third-order valence-electron chi connectivity index (χ3n) is 4.84. The molecule has 118 valence electrons. The van der Waals surface area contributed by atoms with Crippen LogP contribution in [0.5, 0.6) is 0 Å². The van der Waals surface area contributed by atoms with Crippen LogP contribution in [0.4, 0.5) is 5.69 Å². The van der Waals surface area contributed by atoms with Gasteiger partial charge in [0.25, 0.3) is 5.91 Å². The van der Waals surface area contributed by atoms with Crippen LogP contribution in [0.15, 0.2) is 24.3 Å². The molecule has 2 fully saturated rings. The fraction of sp³-hybridized carbons (Fsp3) is 0.529. The monoisotopic (exact) mass is 301 g/mol. The van der Waals surface area contributed by atoms with Gasteiger partial charge in [0.1, 0.15) is 0 Å². The van der Waals surface area contributed by atoms with Gasteiger partial charge in [0, 0.05) is 30.8 Å². The molecule has 2 aliphatic rings. The Labute approximate surface area is 130 Å². The van der Waals surface area contributed by atoms with Crippen LogP contribution >= 0.6 is 0 Å². The first-order chi connectivity index (χ1) is 10.6. The van der Waals surface area contributed by atoms with E-state index in [-0.39, 0.29) is 17.4 Å². The normalized spacial score (nSPS) is 20.4. The van der Waals surface area contributed by atoms with Gasteiger partial charge in [-0.2, -0.15) is 0 Å². The third-order valence-corrected chi connectivity index (χ3v) is 4.84. The number of anilines is 1. The summed E-state index contributed by atoms with van der Waals surface area (Å²) < 4.78 is 0. The highest BCUT2D eigenvalue weighted by Gasteiger charge is 2.34. The average molecular weight is 301 g/mol. The molecular formula is C17H23N3O2. The number of nitrogens with one attached hydrogen (secondary N) is 1. The maximum absolute atomic E-state index is 12.4. The van der Waals surface area contributed by atoms with Crippen molar-refractivity contribution in [3.63, 3.8) is 0 Å². The van der Waals surface area contributed by atoms with Gasteiger partial charge in [-0.1, -0.05) is 12.8 Å². The molecule has 22 heavy (non-hydrogen) atoms. The van der Waals surface area contributed by atoms with Gasteiger partial charge < -0.3 is 16.0 Å². The Hall–Kier alpha value is -1.88. The standard InChI is InChI=1S/C17H23N3O2/c18-12-17(9-1-2-10-17)19-16(22)13-5-7-14(8-6-13)20-11-3-4-15(20)21/h5-8H,1-4,9-12,18H2,(H,19,22). The van der Waals surface area contributed by atoms with Crippen molar-refractivity contribution in [3.8, 4) is 0 Å². The van der Waals surface area contributed by atoms with Crippen molar-refractivity contribution in [3.05, 3.63) is 29.8 Å². The zero-order valence-electron chi connectivity index (χ0n) is 12.8. The smallest absolute Gasteiger partial charge is 0.251 e. The molecule has 1 aromatic rings. The number of rotatable bonds is 4. The predicted molar refractivity (Wildman–Crippen MR) is 85.7 cm³/mol. The molecule has 3 N–H and O–H groups in total. The summed E-state index contributed by atoms with van der Waals surface area (Å²) in [7, 11) is 0. The second-order valence-corrected chi connectivity index (χ2v) is 6.34. The Balaban J connectivity index is 1.69. The van der Waals surface area contributed by atoms with E-state index in [1.165, 1.54) is 0 Å². The van der Waals surface area contributed by atoms with Gasteiger partial charge in [0.05, 0.1) is 5.54 Å². The van der Waals surface area contributed by atoms with Crippen LogP contribution in [0, 0.1) is 0 Å². The molecule has 1 aliphatic carbocycles. The Morgan fingerprint density at radius 2 is 1.86 bits per heavy atom. The summed E-state index contributed by atoms with van der Waals surface area (Å²) in [4.78, 5) is 25.9. The molecule has 0 spiro atoms. The fourth-order valence-electron chi connectivity index (χ4n) is 3.46. The minimum absolute atomic E-state index is 0.0772. The Kier molecular flexibility index (Phi) is 4.16. The highest BCUT2D eigenvalue weighted by molar-refractivity contribution is 5.97. The number of carbonyl (C=O) groups is 2. The van der Waals surface area contributed by atoms with Crippen LogP contribution in [0.2, 0.25) is 0 Å². The first-order valence-electron chi connectivity index (χ1n) is 8.07. The van der Waals surface area contributed by atoms with Crippen LogP contribution in [0.25, 0.3) is 0 Å². The molecule has 1 saturated heterocycles. The van der Waals surface area contributed by atoms with Gasteiger partial charge in [-0.25, -0.2) is 0 Å². The zero-order valence-corrected chi connectivity index (χ0v) is 12.8. The van der Waals surface area contributed by atoms with Crippen molar-refractivity contribution in [1.29, 1.82) is 0 Å². The third kappa shape index (κ3) is 2.86. The first kappa shape index (κ1) is 15.0. The lowest BCUT2D eigenvalue weighted by Crippen LogP contribution is -2.51. The summed E-state index contributed by atoms with van der Waals surface area (Å²) in [5.74, 6) is 0.0805. The topological polar surface area (TPSA) is 75.4 Å². The molecule has 2 amide bonds. The average Bonchev–Trinajstić information content (AvgIpc) is 3.17. The van der Waals surface area contributed by atoms with E-state index in [0.29, 0.717) is 18.5 Å². The van der Waals surface area contributed by atoms with Crippen molar-refractivity contribution < 1.29 is 9.59 Å². The molecule has 1 saturated carbocycles. The number of amides is 2. The maximum atomic E-state index is 12.4. The largest absolute Gasteiger partial charge is 0.345 e. The van der Waals surface area contributed by atoms with Crippen LogP contribution in [-0.4, -0.2) is 30.4 Å². The SMILES string of the molecule is NCC1(NC(=O)c2ccc(N3CCCC3=O)cc2)CCCC1. The van der Waals surface area contributed by atoms with Crippen molar-refractivity contribution >= 4 is 17.5 Å². The molecule has 1 aliphatic heterocycles. The number of hydrogen-bond acceptors (Lipinski definition) is 3. The number of carbonyl (C=O) groups excluding carboxylic acids is 2. The second-order valence-electron chi connectivity index (χ2n) is 6.34. The van der Waals surface area contributed by atoms with Gasteiger partial charge >= 0.3 is 0 Å². The molecule has 5 nitrogen and oxygen atoms in total. The van der Waals surface area contributed by atoms with Crippen molar-refractivity contribution in [1.82, 2.24) is 5.32 Å². The lowest BCUT2D eigenvalue weighted by Gasteiger charge is -2.28. The highest BCUT2D eigenvalue weighted by Crippen LogP contribution is 2.29. The van der Waals surface area contributed by atoms with E-state index in [0.717, 1.165) is 44.3 Å². The van der Waals surface area contributed by atoms with E-state index < -0.39 is 0 Å². The molecular weight excluding hydrogens is 278 g/mol. The van der Waals surface area contributed by atoms with E-state index in [9.17, 15) is 9.59 Å². The molecule has 5 heteroatoms. The zero-order chi connectivity index (χ0) is 15.6. The Morgan fingerprint density at radius 1 is 1.18 bits per heavy atom.